The minimum absolute atomic E-state index is 0.374. The molecule has 0 aromatic heterocycles. The van der Waals surface area contributed by atoms with Gasteiger partial charge in [0.2, 0.25) is 0 Å². The largest absolute Gasteiger partial charge is 0.338 e. The Morgan fingerprint density at radius 2 is 1.96 bits per heavy atom. The zero-order valence-corrected chi connectivity index (χ0v) is 14.4. The van der Waals surface area contributed by atoms with Crippen LogP contribution in [0, 0.1) is 17.8 Å². The van der Waals surface area contributed by atoms with Gasteiger partial charge in [-0.3, -0.25) is 14.8 Å². The number of rotatable bonds is 5. The highest BCUT2D eigenvalue weighted by Crippen LogP contribution is 2.29. The van der Waals surface area contributed by atoms with Crippen LogP contribution in [0.15, 0.2) is 36.4 Å². The van der Waals surface area contributed by atoms with E-state index in [2.05, 4.69) is 23.2 Å². The van der Waals surface area contributed by atoms with Crippen molar-refractivity contribution in [3.8, 4) is 11.8 Å². The summed E-state index contributed by atoms with van der Waals surface area (Å²) in [7, 11) is 0. The molecule has 25 heavy (non-hydrogen) atoms. The van der Waals surface area contributed by atoms with Gasteiger partial charge in [0, 0.05) is 16.7 Å². The van der Waals surface area contributed by atoms with Crippen LogP contribution in [-0.4, -0.2) is 28.6 Å². The van der Waals surface area contributed by atoms with Crippen LogP contribution in [0.3, 0.4) is 0 Å². The Labute approximate surface area is 147 Å². The molecule has 1 saturated carbocycles. The summed E-state index contributed by atoms with van der Waals surface area (Å²) in [5.74, 6) is 5.43. The molecule has 2 rings (SSSR count). The van der Waals surface area contributed by atoms with E-state index in [1.807, 2.05) is 6.08 Å². The van der Waals surface area contributed by atoms with Crippen molar-refractivity contribution >= 4 is 11.8 Å². The van der Waals surface area contributed by atoms with Crippen LogP contribution < -0.4 is 16.5 Å². The van der Waals surface area contributed by atoms with Gasteiger partial charge in [-0.1, -0.05) is 17.9 Å². The van der Waals surface area contributed by atoms with Gasteiger partial charge in [-0.15, -0.1) is 0 Å². The fourth-order valence-electron chi connectivity index (χ4n) is 2.17. The summed E-state index contributed by atoms with van der Waals surface area (Å²) in [4.78, 5) is 24.0. The van der Waals surface area contributed by atoms with E-state index in [9.17, 15) is 9.59 Å². The number of carbonyl (C=O) groups excluding carboxylic acids is 2. The molecule has 0 bridgehead atoms. The first kappa shape index (κ1) is 18.7. The van der Waals surface area contributed by atoms with Crippen LogP contribution >= 0.6 is 0 Å². The highest BCUT2D eigenvalue weighted by Gasteiger charge is 2.33. The lowest BCUT2D eigenvalue weighted by Gasteiger charge is -2.29. The van der Waals surface area contributed by atoms with Crippen molar-refractivity contribution in [1.29, 1.82) is 0 Å². The van der Waals surface area contributed by atoms with Gasteiger partial charge in [-0.05, 0) is 62.9 Å². The molecule has 1 aliphatic rings. The van der Waals surface area contributed by atoms with Crippen LogP contribution in [0.2, 0.25) is 0 Å². The second-order valence-corrected chi connectivity index (χ2v) is 6.75. The third-order valence-corrected chi connectivity index (χ3v) is 3.83. The van der Waals surface area contributed by atoms with Crippen molar-refractivity contribution in [1.82, 2.24) is 10.8 Å². The maximum absolute atomic E-state index is 12.3. The average Bonchev–Trinajstić information content (AvgIpc) is 3.39. The molecule has 1 aliphatic carbocycles. The van der Waals surface area contributed by atoms with Gasteiger partial charge in [0.1, 0.15) is 6.04 Å². The lowest BCUT2D eigenvalue weighted by molar-refractivity contribution is -0.132. The highest BCUT2D eigenvalue weighted by atomic mass is 16.5. The molecule has 6 nitrogen and oxygen atoms in total. The monoisotopic (exact) mass is 341 g/mol. The third kappa shape index (κ3) is 5.75. The van der Waals surface area contributed by atoms with E-state index in [-0.39, 0.29) is 0 Å². The van der Waals surface area contributed by atoms with Crippen molar-refractivity contribution in [2.24, 2.45) is 11.7 Å². The number of nitrogens with two attached hydrogens (primary N) is 1. The van der Waals surface area contributed by atoms with E-state index in [0.717, 1.165) is 5.56 Å². The average molecular weight is 341 g/mol. The molecule has 1 fully saturated rings. The van der Waals surface area contributed by atoms with Gasteiger partial charge in [0.05, 0.1) is 0 Å². The second-order valence-electron chi connectivity index (χ2n) is 6.75. The van der Waals surface area contributed by atoms with Crippen LogP contribution in [0.4, 0.5) is 0 Å². The van der Waals surface area contributed by atoms with E-state index < -0.39 is 23.4 Å². The summed E-state index contributed by atoms with van der Waals surface area (Å²) in [5.41, 5.74) is 7.54. The normalized spacial score (nSPS) is 15.2. The Balaban J connectivity index is 2.02. The van der Waals surface area contributed by atoms with E-state index in [1.165, 1.54) is 18.3 Å². The quantitative estimate of drug-likeness (QED) is 0.368. The van der Waals surface area contributed by atoms with Crippen LogP contribution in [-0.2, 0) is 4.79 Å². The van der Waals surface area contributed by atoms with Crippen LogP contribution in [0.5, 0.6) is 0 Å². The van der Waals surface area contributed by atoms with Crippen LogP contribution in [0.25, 0.3) is 0 Å². The molecule has 6 heteroatoms. The highest BCUT2D eigenvalue weighted by molar-refractivity contribution is 5.97. The molecule has 132 valence electrons. The summed E-state index contributed by atoms with van der Waals surface area (Å²) in [6.07, 6.45) is 6.46. The zero-order chi connectivity index (χ0) is 18.4. The molecule has 1 atom stereocenters. The number of hydrogen-bond donors (Lipinski definition) is 4. The van der Waals surface area contributed by atoms with Crippen molar-refractivity contribution in [2.75, 3.05) is 0 Å². The number of nitrogens with one attached hydrogen (secondary N) is 2. The fourth-order valence-corrected chi connectivity index (χ4v) is 2.17. The Morgan fingerprint density at radius 1 is 1.32 bits per heavy atom. The Hall–Kier alpha value is -2.62. The Morgan fingerprint density at radius 3 is 2.48 bits per heavy atom. The summed E-state index contributed by atoms with van der Waals surface area (Å²) in [6, 6.07) is 5.66. The number of allylic oxidation sites excluding steroid dienone is 2. The maximum Gasteiger partial charge on any atom is 0.267 e. The number of hydroxylamine groups is 1. The molecule has 1 aromatic rings. The topological polar surface area (TPSA) is 104 Å². The van der Waals surface area contributed by atoms with Crippen molar-refractivity contribution < 1.29 is 14.8 Å². The number of amides is 2. The van der Waals surface area contributed by atoms with Gasteiger partial charge < -0.3 is 11.1 Å². The fraction of sp³-hybridized carbons (Fsp3) is 0.368. The minimum Gasteiger partial charge on any atom is -0.338 e. The van der Waals surface area contributed by atoms with E-state index in [1.54, 1.807) is 38.1 Å². The molecule has 0 radical (unpaired) electrons. The van der Waals surface area contributed by atoms with E-state index in [4.69, 9.17) is 10.9 Å². The molecule has 0 unspecified atom stereocenters. The lowest BCUT2D eigenvalue weighted by atomic mass is 9.95. The maximum atomic E-state index is 12.3. The molecular formula is C19H23N3O3. The Bertz CT molecular complexity index is 717. The van der Waals surface area contributed by atoms with Gasteiger partial charge in [-0.25, -0.2) is 5.48 Å². The minimum atomic E-state index is -1.07. The summed E-state index contributed by atoms with van der Waals surface area (Å²) >= 11 is 0. The summed E-state index contributed by atoms with van der Waals surface area (Å²) < 4.78 is 0. The molecule has 0 heterocycles. The lowest BCUT2D eigenvalue weighted by Crippen LogP contribution is -2.61. The Kier molecular flexibility index (Phi) is 5.97. The van der Waals surface area contributed by atoms with Gasteiger partial charge in [-0.2, -0.15) is 0 Å². The molecular weight excluding hydrogens is 318 g/mol. The van der Waals surface area contributed by atoms with Gasteiger partial charge in [0.15, 0.2) is 0 Å². The number of hydrogen-bond acceptors (Lipinski definition) is 4. The van der Waals surface area contributed by atoms with E-state index >= 15 is 0 Å². The first-order valence-corrected chi connectivity index (χ1v) is 8.13. The molecule has 2 amide bonds. The van der Waals surface area contributed by atoms with Crippen molar-refractivity contribution in [3.05, 3.63) is 47.5 Å². The molecule has 0 aliphatic heterocycles. The summed E-state index contributed by atoms with van der Waals surface area (Å²) in [5, 5.41) is 11.3. The number of carbonyl (C=O) groups is 2. The first-order valence-electron chi connectivity index (χ1n) is 8.13. The first-order chi connectivity index (χ1) is 11.8. The molecule has 0 spiro atoms. The van der Waals surface area contributed by atoms with Gasteiger partial charge >= 0.3 is 0 Å². The predicted molar refractivity (Wildman–Crippen MR) is 94.6 cm³/mol. The molecule has 0 saturated heterocycles. The molecule has 5 N–H and O–H groups in total. The third-order valence-electron chi connectivity index (χ3n) is 3.83. The number of benzene rings is 1. The van der Waals surface area contributed by atoms with Crippen molar-refractivity contribution in [3.63, 3.8) is 0 Å². The smallest absolute Gasteiger partial charge is 0.267 e. The predicted octanol–water partition coefficient (Wildman–Crippen LogP) is 1.35. The standard InChI is InChI=1S/C19H23N3O3/c1-19(2,20)16(18(24)22-25)21-17(23)15-11-9-14(10-12-15)6-4-3-5-13-7-8-13/h3,5,9-13,16,25H,7-8,20H2,1-2H3,(H,21,23)(H,22,24)/b5-3+/t16-/m1/s1. The SMILES string of the molecule is CC(C)(N)[C@H](NC(=O)c1ccc(C#C/C=C/C2CC2)cc1)C(=O)NO. The van der Waals surface area contributed by atoms with Gasteiger partial charge in [0.25, 0.3) is 11.8 Å². The van der Waals surface area contributed by atoms with E-state index in [0.29, 0.717) is 11.5 Å². The zero-order valence-electron chi connectivity index (χ0n) is 14.4. The second kappa shape index (κ2) is 7.97. The molecule has 1 aromatic carbocycles. The summed E-state index contributed by atoms with van der Waals surface area (Å²) in [6.45, 7) is 3.17. The van der Waals surface area contributed by atoms with Crippen LogP contribution in [0.1, 0.15) is 42.6 Å². The van der Waals surface area contributed by atoms with Crippen molar-refractivity contribution in [2.45, 2.75) is 38.3 Å².